The molecule has 0 radical (unpaired) electrons. The van der Waals surface area contributed by atoms with Crippen molar-refractivity contribution in [3.8, 4) is 6.07 Å². The lowest BCUT2D eigenvalue weighted by Crippen LogP contribution is -2.36. The molecule has 0 aromatic rings. The molecule has 1 rings (SSSR count). The molecule has 1 unspecified atom stereocenters. The fraction of sp³-hybridized carbons (Fsp3) is 0.818. The van der Waals surface area contributed by atoms with Crippen molar-refractivity contribution in [1.29, 1.82) is 5.26 Å². The van der Waals surface area contributed by atoms with Crippen LogP contribution in [0.15, 0.2) is 0 Å². The molecule has 0 aliphatic heterocycles. The first kappa shape index (κ1) is 11.0. The number of hydrogen-bond acceptors (Lipinski definition) is 2. The minimum absolute atomic E-state index is 0.0703. The summed E-state index contributed by atoms with van der Waals surface area (Å²) in [7, 11) is 0. The summed E-state index contributed by atoms with van der Waals surface area (Å²) >= 11 is 0. The second-order valence-electron chi connectivity index (χ2n) is 4.05. The molecule has 1 fully saturated rings. The third-order valence-corrected chi connectivity index (χ3v) is 2.78. The Morgan fingerprint density at radius 3 is 2.43 bits per heavy atom. The minimum Gasteiger partial charge on any atom is -0.340 e. The SMILES string of the molecule is CC(C#N)NC(=O)C1CCCCCC1. The summed E-state index contributed by atoms with van der Waals surface area (Å²) in [5, 5.41) is 11.3. The molecule has 1 aliphatic carbocycles. The highest BCUT2D eigenvalue weighted by atomic mass is 16.1. The number of carbonyl (C=O) groups is 1. The van der Waals surface area contributed by atoms with Gasteiger partial charge in [0.1, 0.15) is 6.04 Å². The smallest absolute Gasteiger partial charge is 0.224 e. The van der Waals surface area contributed by atoms with Crippen molar-refractivity contribution in [1.82, 2.24) is 5.32 Å². The number of nitriles is 1. The van der Waals surface area contributed by atoms with E-state index in [1.807, 2.05) is 6.07 Å². The molecule has 14 heavy (non-hydrogen) atoms. The zero-order chi connectivity index (χ0) is 10.4. The highest BCUT2D eigenvalue weighted by Crippen LogP contribution is 2.22. The van der Waals surface area contributed by atoms with E-state index in [2.05, 4.69) is 5.32 Å². The maximum Gasteiger partial charge on any atom is 0.224 e. The number of nitrogens with zero attached hydrogens (tertiary/aromatic N) is 1. The van der Waals surface area contributed by atoms with E-state index in [-0.39, 0.29) is 17.9 Å². The third-order valence-electron chi connectivity index (χ3n) is 2.78. The van der Waals surface area contributed by atoms with Crippen LogP contribution in [-0.2, 0) is 4.79 Å². The van der Waals surface area contributed by atoms with Gasteiger partial charge in [0.05, 0.1) is 6.07 Å². The predicted molar refractivity (Wildman–Crippen MR) is 54.4 cm³/mol. The van der Waals surface area contributed by atoms with Crippen molar-refractivity contribution in [3.05, 3.63) is 0 Å². The van der Waals surface area contributed by atoms with Crippen LogP contribution < -0.4 is 5.32 Å². The van der Waals surface area contributed by atoms with E-state index >= 15 is 0 Å². The molecule has 0 spiro atoms. The van der Waals surface area contributed by atoms with Gasteiger partial charge in [0.25, 0.3) is 0 Å². The molecule has 3 nitrogen and oxygen atoms in total. The normalized spacial score (nSPS) is 20.6. The van der Waals surface area contributed by atoms with Crippen LogP contribution in [0.1, 0.15) is 45.4 Å². The van der Waals surface area contributed by atoms with E-state index < -0.39 is 0 Å². The lowest BCUT2D eigenvalue weighted by atomic mass is 9.99. The molecule has 1 aliphatic rings. The first-order valence-corrected chi connectivity index (χ1v) is 5.44. The Labute approximate surface area is 85.5 Å². The van der Waals surface area contributed by atoms with Crippen molar-refractivity contribution in [3.63, 3.8) is 0 Å². The summed E-state index contributed by atoms with van der Waals surface area (Å²) in [5.74, 6) is 0.217. The first-order chi connectivity index (χ1) is 6.74. The van der Waals surface area contributed by atoms with Crippen LogP contribution in [0.2, 0.25) is 0 Å². The van der Waals surface area contributed by atoms with Gasteiger partial charge in [-0.2, -0.15) is 5.26 Å². The van der Waals surface area contributed by atoms with Crippen LogP contribution in [0, 0.1) is 17.2 Å². The average molecular weight is 194 g/mol. The summed E-state index contributed by atoms with van der Waals surface area (Å²) in [4.78, 5) is 11.7. The van der Waals surface area contributed by atoms with E-state index in [4.69, 9.17) is 5.26 Å². The van der Waals surface area contributed by atoms with Gasteiger partial charge in [-0.15, -0.1) is 0 Å². The van der Waals surface area contributed by atoms with Crippen LogP contribution in [0.4, 0.5) is 0 Å². The number of carbonyl (C=O) groups excluding carboxylic acids is 1. The molecule has 1 N–H and O–H groups in total. The fourth-order valence-electron chi connectivity index (χ4n) is 1.91. The molecule has 3 heteroatoms. The Morgan fingerprint density at radius 1 is 1.36 bits per heavy atom. The lowest BCUT2D eigenvalue weighted by molar-refractivity contribution is -0.125. The Hall–Kier alpha value is -1.04. The monoisotopic (exact) mass is 194 g/mol. The van der Waals surface area contributed by atoms with Crippen molar-refractivity contribution in [2.24, 2.45) is 5.92 Å². The van der Waals surface area contributed by atoms with Gasteiger partial charge >= 0.3 is 0 Å². The number of rotatable bonds is 2. The molecule has 0 aromatic carbocycles. The van der Waals surface area contributed by atoms with Gasteiger partial charge in [-0.25, -0.2) is 0 Å². The Bertz CT molecular complexity index is 224. The van der Waals surface area contributed by atoms with Gasteiger partial charge in [0.15, 0.2) is 0 Å². The van der Waals surface area contributed by atoms with Crippen LogP contribution in [-0.4, -0.2) is 11.9 Å². The zero-order valence-corrected chi connectivity index (χ0v) is 8.75. The number of amides is 1. The lowest BCUT2D eigenvalue weighted by Gasteiger charge is -2.14. The number of hydrogen-bond donors (Lipinski definition) is 1. The molecule has 78 valence electrons. The topological polar surface area (TPSA) is 52.9 Å². The molecule has 1 amide bonds. The van der Waals surface area contributed by atoms with Crippen molar-refractivity contribution in [2.75, 3.05) is 0 Å². The second-order valence-corrected chi connectivity index (χ2v) is 4.05. The van der Waals surface area contributed by atoms with Crippen molar-refractivity contribution < 1.29 is 4.79 Å². The molecular weight excluding hydrogens is 176 g/mol. The van der Waals surface area contributed by atoms with E-state index in [1.165, 1.54) is 12.8 Å². The van der Waals surface area contributed by atoms with Gasteiger partial charge in [0, 0.05) is 5.92 Å². The molecule has 0 aromatic heterocycles. The van der Waals surface area contributed by atoms with Gasteiger partial charge in [0.2, 0.25) is 5.91 Å². The predicted octanol–water partition coefficient (Wildman–Crippen LogP) is 1.99. The van der Waals surface area contributed by atoms with E-state index in [0.717, 1.165) is 25.7 Å². The molecule has 0 saturated heterocycles. The first-order valence-electron chi connectivity index (χ1n) is 5.44. The maximum absolute atomic E-state index is 11.7. The molecular formula is C11H18N2O. The third kappa shape index (κ3) is 3.37. The molecule has 1 atom stereocenters. The van der Waals surface area contributed by atoms with Crippen LogP contribution in [0.5, 0.6) is 0 Å². The Morgan fingerprint density at radius 2 is 1.93 bits per heavy atom. The largest absolute Gasteiger partial charge is 0.340 e. The average Bonchev–Trinajstić information content (AvgIpc) is 2.45. The summed E-state index contributed by atoms with van der Waals surface area (Å²) in [5.41, 5.74) is 0. The van der Waals surface area contributed by atoms with Crippen LogP contribution in [0.25, 0.3) is 0 Å². The van der Waals surface area contributed by atoms with Crippen molar-refractivity contribution >= 4 is 5.91 Å². The Kier molecular flexibility index (Phi) is 4.45. The van der Waals surface area contributed by atoms with Crippen molar-refractivity contribution in [2.45, 2.75) is 51.5 Å². The summed E-state index contributed by atoms with van der Waals surface area (Å²) in [6.45, 7) is 1.72. The summed E-state index contributed by atoms with van der Waals surface area (Å²) < 4.78 is 0. The quantitative estimate of drug-likeness (QED) is 0.683. The second kappa shape index (κ2) is 5.64. The number of nitrogens with one attached hydrogen (secondary N) is 1. The summed E-state index contributed by atoms with van der Waals surface area (Å²) in [6, 6.07) is 1.66. The van der Waals surface area contributed by atoms with Gasteiger partial charge < -0.3 is 5.32 Å². The van der Waals surface area contributed by atoms with E-state index in [1.54, 1.807) is 6.92 Å². The van der Waals surface area contributed by atoms with Gasteiger partial charge in [-0.05, 0) is 19.8 Å². The van der Waals surface area contributed by atoms with E-state index in [9.17, 15) is 4.79 Å². The molecule has 1 saturated carbocycles. The highest BCUT2D eigenvalue weighted by Gasteiger charge is 2.20. The maximum atomic E-state index is 11.7. The van der Waals surface area contributed by atoms with E-state index in [0.29, 0.717) is 0 Å². The zero-order valence-electron chi connectivity index (χ0n) is 8.75. The summed E-state index contributed by atoms with van der Waals surface area (Å²) in [6.07, 6.45) is 6.78. The van der Waals surface area contributed by atoms with Gasteiger partial charge in [-0.1, -0.05) is 25.7 Å². The minimum atomic E-state index is -0.356. The highest BCUT2D eigenvalue weighted by molar-refractivity contribution is 5.79. The standard InChI is InChI=1S/C11H18N2O/c1-9(8-12)13-11(14)10-6-4-2-3-5-7-10/h9-10H,2-7H2,1H3,(H,13,14). The van der Waals surface area contributed by atoms with Crippen LogP contribution >= 0.6 is 0 Å². The Balaban J connectivity index is 2.38. The molecule has 0 bridgehead atoms. The fourth-order valence-corrected chi connectivity index (χ4v) is 1.91. The molecule has 0 heterocycles. The van der Waals surface area contributed by atoms with Crippen LogP contribution in [0.3, 0.4) is 0 Å². The van der Waals surface area contributed by atoms with Gasteiger partial charge in [-0.3, -0.25) is 4.79 Å².